The highest BCUT2D eigenvalue weighted by atomic mass is 32.2. The van der Waals surface area contributed by atoms with Gasteiger partial charge in [-0.1, -0.05) is 18.2 Å². The van der Waals surface area contributed by atoms with Gasteiger partial charge in [-0.3, -0.25) is 19.4 Å². The van der Waals surface area contributed by atoms with Gasteiger partial charge in [0.25, 0.3) is 5.91 Å². The Morgan fingerprint density at radius 2 is 1.74 bits per heavy atom. The Morgan fingerprint density at radius 3 is 2.20 bits per heavy atom. The van der Waals surface area contributed by atoms with Gasteiger partial charge in [0.05, 0.1) is 6.54 Å². The third-order valence-corrected chi connectivity index (χ3v) is 5.93. The van der Waals surface area contributed by atoms with Gasteiger partial charge in [-0.15, -0.1) is 11.8 Å². The topological polar surface area (TPSA) is 194 Å². The van der Waals surface area contributed by atoms with Crippen LogP contribution in [0.1, 0.15) is 0 Å². The second-order valence-electron chi connectivity index (χ2n) is 6.83. The third kappa shape index (κ3) is 6.21. The number of anilines is 1. The zero-order valence-electron chi connectivity index (χ0n) is 17.6. The number of carbonyl (C=O) groups is 5. The molecule has 1 aromatic rings. The maximum atomic E-state index is 12.9. The minimum Gasteiger partial charge on any atom is -0.477 e. The molecule has 0 aromatic heterocycles. The Kier molecular flexibility index (Phi) is 8.70. The lowest BCUT2D eigenvalue weighted by molar-refractivity contribution is -0.192. The van der Waals surface area contributed by atoms with Crippen molar-refractivity contribution in [1.29, 1.82) is 0 Å². The van der Waals surface area contributed by atoms with Crippen LogP contribution in [-0.2, 0) is 23.9 Å². The molecule has 2 aliphatic rings. The van der Waals surface area contributed by atoms with Crippen molar-refractivity contribution in [2.24, 2.45) is 11.5 Å². The number of β-lactam (4-membered cyclic amide) rings is 1. The number of carbonyl (C=O) groups excluding carboxylic acids is 3. The average molecular weight is 520 g/mol. The van der Waals surface area contributed by atoms with Crippen LogP contribution in [0.3, 0.4) is 0 Å². The van der Waals surface area contributed by atoms with E-state index in [-0.39, 0.29) is 30.2 Å². The molecule has 0 spiro atoms. The van der Waals surface area contributed by atoms with Gasteiger partial charge in [-0.05, 0) is 12.1 Å². The Hall–Kier alpha value is -3.79. The molecule has 0 saturated carbocycles. The molecule has 3 rings (SSSR count). The number of hydrogen-bond acceptors (Lipinski definition) is 8. The fraction of sp³-hybridized carbons (Fsp3) is 0.316. The van der Waals surface area contributed by atoms with Crippen molar-refractivity contribution < 1.29 is 52.1 Å². The van der Waals surface area contributed by atoms with E-state index in [2.05, 4.69) is 4.74 Å². The van der Waals surface area contributed by atoms with E-state index in [1.165, 1.54) is 16.7 Å². The molecule has 0 aliphatic carbocycles. The summed E-state index contributed by atoms with van der Waals surface area (Å²) in [5.41, 5.74) is 11.0. The third-order valence-electron chi connectivity index (χ3n) is 4.61. The first-order valence-corrected chi connectivity index (χ1v) is 10.6. The van der Waals surface area contributed by atoms with Gasteiger partial charge in [0.15, 0.2) is 0 Å². The first-order valence-electron chi connectivity index (χ1n) is 9.50. The van der Waals surface area contributed by atoms with Crippen LogP contribution in [0, 0.1) is 0 Å². The highest BCUT2D eigenvalue weighted by Crippen LogP contribution is 2.43. The number of aliphatic carboxylic acids is 2. The lowest BCUT2D eigenvalue weighted by Crippen LogP contribution is -2.72. The number of para-hydroxylation sites is 1. The number of carboxylic acids is 2. The molecular weight excluding hydrogens is 501 g/mol. The second kappa shape index (κ2) is 11.1. The van der Waals surface area contributed by atoms with Crippen molar-refractivity contribution in [3.05, 3.63) is 41.6 Å². The van der Waals surface area contributed by atoms with E-state index in [1.54, 1.807) is 30.3 Å². The minimum absolute atomic E-state index is 0.208. The second-order valence-corrected chi connectivity index (χ2v) is 7.93. The standard InChI is InChI=1S/C17H18N4O6S.C2HF3O2/c18-6-11(22)20(10-4-2-1-3-5-10)13-14(23)21-12(16(24)25)9(7-27-17(19)26)8-28-15(13)21;3-2(4,5)1(6)7/h1-5,13,15H,6-8,18H2,(H2,19,26)(H,24,25);(H,6,7)/t13?,15-;/m0./s1. The lowest BCUT2D eigenvalue weighted by atomic mass is 10.00. The molecular formula is C19H19F3N4O8S. The summed E-state index contributed by atoms with van der Waals surface area (Å²) >= 11 is 1.27. The quantitative estimate of drug-likeness (QED) is 0.380. The van der Waals surface area contributed by atoms with Gasteiger partial charge < -0.3 is 26.4 Å². The number of amides is 3. The number of hydrogen-bond donors (Lipinski definition) is 4. The van der Waals surface area contributed by atoms with Crippen molar-refractivity contribution in [3.63, 3.8) is 0 Å². The Bertz CT molecular complexity index is 1050. The number of halogens is 3. The zero-order valence-corrected chi connectivity index (χ0v) is 18.4. The van der Waals surface area contributed by atoms with Crippen molar-refractivity contribution in [2.45, 2.75) is 17.6 Å². The van der Waals surface area contributed by atoms with E-state index >= 15 is 0 Å². The Labute approximate surface area is 199 Å². The zero-order chi connectivity index (χ0) is 26.5. The molecule has 2 atom stereocenters. The average Bonchev–Trinajstić information content (AvgIpc) is 2.80. The number of alkyl halides is 3. The van der Waals surface area contributed by atoms with E-state index in [0.717, 1.165) is 4.90 Å². The van der Waals surface area contributed by atoms with Gasteiger partial charge >= 0.3 is 24.2 Å². The number of thioether (sulfide) groups is 1. The van der Waals surface area contributed by atoms with Crippen LogP contribution in [-0.4, -0.2) is 81.5 Å². The van der Waals surface area contributed by atoms with Gasteiger partial charge in [0.2, 0.25) is 5.91 Å². The van der Waals surface area contributed by atoms with Gasteiger partial charge in [0, 0.05) is 17.0 Å². The van der Waals surface area contributed by atoms with Crippen LogP contribution >= 0.6 is 11.8 Å². The minimum atomic E-state index is -5.08. The van der Waals surface area contributed by atoms with Gasteiger partial charge in [-0.25, -0.2) is 14.4 Å². The summed E-state index contributed by atoms with van der Waals surface area (Å²) in [5, 5.41) is 16.1. The fourth-order valence-electron chi connectivity index (χ4n) is 3.18. The Balaban J connectivity index is 0.000000540. The number of carboxylic acid groups (broad SMARTS) is 2. The molecule has 1 fully saturated rings. The molecule has 6 N–H and O–H groups in total. The molecule has 12 nitrogen and oxygen atoms in total. The summed E-state index contributed by atoms with van der Waals surface area (Å²) in [6.07, 6.45) is -6.12. The van der Waals surface area contributed by atoms with Crippen LogP contribution < -0.4 is 16.4 Å². The van der Waals surface area contributed by atoms with E-state index in [1.807, 2.05) is 0 Å². The number of nitrogens with zero attached hydrogens (tertiary/aromatic N) is 2. The maximum Gasteiger partial charge on any atom is 0.490 e. The molecule has 1 aromatic carbocycles. The number of benzene rings is 1. The molecule has 3 amide bonds. The van der Waals surface area contributed by atoms with Gasteiger partial charge in [-0.2, -0.15) is 13.2 Å². The molecule has 1 saturated heterocycles. The van der Waals surface area contributed by atoms with Crippen molar-refractivity contribution in [2.75, 3.05) is 23.8 Å². The highest BCUT2D eigenvalue weighted by Gasteiger charge is 2.57. The van der Waals surface area contributed by atoms with Crippen LogP contribution in [0.25, 0.3) is 0 Å². The highest BCUT2D eigenvalue weighted by molar-refractivity contribution is 8.00. The monoisotopic (exact) mass is 520 g/mol. The lowest BCUT2D eigenvalue weighted by Gasteiger charge is -2.52. The van der Waals surface area contributed by atoms with Crippen molar-refractivity contribution >= 4 is 47.3 Å². The van der Waals surface area contributed by atoms with Crippen LogP contribution in [0.15, 0.2) is 41.6 Å². The van der Waals surface area contributed by atoms with Gasteiger partial charge in [0.1, 0.15) is 23.7 Å². The first kappa shape index (κ1) is 27.5. The largest absolute Gasteiger partial charge is 0.490 e. The number of nitrogens with two attached hydrogens (primary N) is 2. The summed E-state index contributed by atoms with van der Waals surface area (Å²) in [5.74, 6) is -4.87. The van der Waals surface area contributed by atoms with E-state index in [0.29, 0.717) is 5.69 Å². The van der Waals surface area contributed by atoms with Crippen molar-refractivity contribution in [3.8, 4) is 0 Å². The summed E-state index contributed by atoms with van der Waals surface area (Å²) < 4.78 is 36.4. The summed E-state index contributed by atoms with van der Waals surface area (Å²) in [6.45, 7) is -0.620. The van der Waals surface area contributed by atoms with E-state index in [4.69, 9.17) is 21.4 Å². The predicted molar refractivity (Wildman–Crippen MR) is 114 cm³/mol. The molecule has 2 heterocycles. The number of rotatable bonds is 6. The fourth-order valence-corrected chi connectivity index (χ4v) is 4.55. The van der Waals surface area contributed by atoms with E-state index in [9.17, 15) is 37.5 Å². The molecule has 0 radical (unpaired) electrons. The molecule has 190 valence electrons. The normalized spacial score (nSPS) is 19.0. The van der Waals surface area contributed by atoms with Crippen LogP contribution in [0.5, 0.6) is 0 Å². The Morgan fingerprint density at radius 1 is 1.17 bits per heavy atom. The first-order chi connectivity index (χ1) is 16.3. The predicted octanol–water partition coefficient (Wildman–Crippen LogP) is 0.329. The maximum absolute atomic E-state index is 12.9. The van der Waals surface area contributed by atoms with E-state index < -0.39 is 47.4 Å². The van der Waals surface area contributed by atoms with Crippen LogP contribution in [0.2, 0.25) is 0 Å². The molecule has 1 unspecified atom stereocenters. The van der Waals surface area contributed by atoms with Crippen LogP contribution in [0.4, 0.5) is 23.7 Å². The molecule has 35 heavy (non-hydrogen) atoms. The SMILES string of the molecule is NCC(=O)N(c1ccccc1)C1C(=O)N2C(C(=O)O)=C(COC(N)=O)CS[C@@H]12.O=C(O)C(F)(F)F. The summed E-state index contributed by atoms with van der Waals surface area (Å²) in [4.78, 5) is 59.2. The number of primary amides is 1. The number of ether oxygens (including phenoxy) is 1. The summed E-state index contributed by atoms with van der Waals surface area (Å²) in [7, 11) is 0. The van der Waals surface area contributed by atoms with Crippen molar-refractivity contribution in [1.82, 2.24) is 4.90 Å². The molecule has 16 heteroatoms. The molecule has 0 bridgehead atoms. The number of fused-ring (bicyclic) bond motifs is 1. The summed E-state index contributed by atoms with van der Waals surface area (Å²) in [6, 6.07) is 7.70. The smallest absolute Gasteiger partial charge is 0.477 e. The molecule has 2 aliphatic heterocycles.